The van der Waals surface area contributed by atoms with E-state index in [2.05, 4.69) is 10.3 Å². The van der Waals surface area contributed by atoms with Crippen LogP contribution in [0.5, 0.6) is 5.75 Å². The highest BCUT2D eigenvalue weighted by Gasteiger charge is 2.24. The smallest absolute Gasteiger partial charge is 0.255 e. The van der Waals surface area contributed by atoms with Crippen LogP contribution in [0.25, 0.3) is 0 Å². The third-order valence-electron chi connectivity index (χ3n) is 4.08. The first kappa shape index (κ1) is 15.3. The lowest BCUT2D eigenvalue weighted by Crippen LogP contribution is -2.45. The van der Waals surface area contributed by atoms with Crippen molar-refractivity contribution in [2.75, 3.05) is 25.5 Å². The minimum Gasteiger partial charge on any atom is -0.497 e. The van der Waals surface area contributed by atoms with E-state index >= 15 is 0 Å². The average molecular weight is 311 g/mol. The van der Waals surface area contributed by atoms with Crippen LogP contribution in [0.2, 0.25) is 0 Å². The lowest BCUT2D eigenvalue weighted by molar-refractivity contribution is 0.0714. The van der Waals surface area contributed by atoms with Gasteiger partial charge in [0.05, 0.1) is 12.7 Å². The van der Waals surface area contributed by atoms with Gasteiger partial charge in [0.15, 0.2) is 0 Å². The highest BCUT2D eigenvalue weighted by atomic mass is 16.5. The van der Waals surface area contributed by atoms with E-state index in [1.165, 1.54) is 0 Å². The Labute approximate surface area is 136 Å². The van der Waals surface area contributed by atoms with Gasteiger partial charge in [-0.1, -0.05) is 0 Å². The summed E-state index contributed by atoms with van der Waals surface area (Å²) in [6, 6.07) is 11.7. The molecule has 3 rings (SSSR count). The molecule has 1 amide bonds. The molecule has 0 bridgehead atoms. The summed E-state index contributed by atoms with van der Waals surface area (Å²) < 4.78 is 5.17. The van der Waals surface area contributed by atoms with E-state index in [0.29, 0.717) is 12.1 Å². The van der Waals surface area contributed by atoms with Crippen molar-refractivity contribution in [2.24, 2.45) is 0 Å². The Bertz CT molecular complexity index is 643. The minimum absolute atomic E-state index is 0.0549. The van der Waals surface area contributed by atoms with Gasteiger partial charge in [-0.25, -0.2) is 0 Å². The Morgan fingerprint density at radius 3 is 2.83 bits per heavy atom. The van der Waals surface area contributed by atoms with Crippen LogP contribution < -0.4 is 10.1 Å². The number of amides is 1. The number of nitrogens with zero attached hydrogens (tertiary/aromatic N) is 2. The van der Waals surface area contributed by atoms with E-state index in [4.69, 9.17) is 4.74 Å². The molecule has 2 aromatic rings. The molecule has 1 saturated heterocycles. The highest BCUT2D eigenvalue weighted by molar-refractivity contribution is 5.94. The first-order valence-electron chi connectivity index (χ1n) is 7.86. The molecule has 23 heavy (non-hydrogen) atoms. The number of ether oxygens (including phenoxy) is 1. The molecule has 120 valence electrons. The third kappa shape index (κ3) is 3.80. The number of likely N-dealkylation sites (tertiary alicyclic amines) is 1. The number of benzene rings is 1. The molecule has 1 N–H and O–H groups in total. The van der Waals surface area contributed by atoms with Crippen LogP contribution in [0.1, 0.15) is 23.2 Å². The second-order valence-corrected chi connectivity index (χ2v) is 5.70. The number of nitrogens with one attached hydrogen (secondary N) is 1. The van der Waals surface area contributed by atoms with Crippen molar-refractivity contribution < 1.29 is 9.53 Å². The summed E-state index contributed by atoms with van der Waals surface area (Å²) >= 11 is 0. The monoisotopic (exact) mass is 311 g/mol. The maximum absolute atomic E-state index is 12.5. The molecular formula is C18H21N3O2. The van der Waals surface area contributed by atoms with E-state index in [-0.39, 0.29) is 11.9 Å². The Hall–Kier alpha value is -2.56. The first-order valence-corrected chi connectivity index (χ1v) is 7.86. The molecule has 0 aliphatic carbocycles. The van der Waals surface area contributed by atoms with Crippen molar-refractivity contribution in [2.45, 2.75) is 18.9 Å². The molecule has 2 heterocycles. The molecule has 0 spiro atoms. The van der Waals surface area contributed by atoms with E-state index < -0.39 is 0 Å². The maximum atomic E-state index is 12.5. The van der Waals surface area contributed by atoms with Gasteiger partial charge in [-0.05, 0) is 49.2 Å². The number of anilines is 1. The second kappa shape index (κ2) is 7.13. The molecule has 0 radical (unpaired) electrons. The van der Waals surface area contributed by atoms with Crippen LogP contribution in [-0.4, -0.2) is 42.0 Å². The summed E-state index contributed by atoms with van der Waals surface area (Å²) in [6.07, 6.45) is 5.37. The van der Waals surface area contributed by atoms with Gasteiger partial charge in [0, 0.05) is 37.2 Å². The third-order valence-corrected chi connectivity index (χ3v) is 4.08. The van der Waals surface area contributed by atoms with Crippen molar-refractivity contribution in [3.63, 3.8) is 0 Å². The van der Waals surface area contributed by atoms with E-state index in [0.717, 1.165) is 30.8 Å². The summed E-state index contributed by atoms with van der Waals surface area (Å²) in [5.74, 6) is 0.895. The SMILES string of the molecule is COc1ccc(N[C@@H]2CCCN(C(=O)c3cccnc3)C2)cc1. The second-order valence-electron chi connectivity index (χ2n) is 5.70. The molecule has 1 atom stereocenters. The molecule has 1 aliphatic heterocycles. The van der Waals surface area contributed by atoms with Crippen molar-refractivity contribution in [1.29, 1.82) is 0 Å². The fraction of sp³-hybridized carbons (Fsp3) is 0.333. The zero-order chi connectivity index (χ0) is 16.1. The molecular weight excluding hydrogens is 290 g/mol. The number of piperidine rings is 1. The van der Waals surface area contributed by atoms with Crippen molar-refractivity contribution in [1.82, 2.24) is 9.88 Å². The molecule has 0 unspecified atom stereocenters. The number of pyridine rings is 1. The Balaban J connectivity index is 1.62. The topological polar surface area (TPSA) is 54.5 Å². The predicted molar refractivity (Wildman–Crippen MR) is 89.8 cm³/mol. The lowest BCUT2D eigenvalue weighted by Gasteiger charge is -2.33. The quantitative estimate of drug-likeness (QED) is 0.943. The van der Waals surface area contributed by atoms with E-state index in [1.807, 2.05) is 35.2 Å². The fourth-order valence-electron chi connectivity index (χ4n) is 2.87. The van der Waals surface area contributed by atoms with Crippen molar-refractivity contribution in [3.8, 4) is 5.75 Å². The molecule has 5 heteroatoms. The Morgan fingerprint density at radius 2 is 2.13 bits per heavy atom. The standard InChI is InChI=1S/C18H21N3O2/c1-23-17-8-6-15(7-9-17)20-16-5-3-11-21(13-16)18(22)14-4-2-10-19-12-14/h2,4,6-10,12,16,20H,3,5,11,13H2,1H3/t16-/m1/s1. The van der Waals surface area contributed by atoms with E-state index in [9.17, 15) is 4.79 Å². The van der Waals surface area contributed by atoms with Gasteiger partial charge < -0.3 is 15.0 Å². The van der Waals surface area contributed by atoms with Crippen LogP contribution in [0.15, 0.2) is 48.8 Å². The maximum Gasteiger partial charge on any atom is 0.255 e. The van der Waals surface area contributed by atoms with Gasteiger partial charge >= 0.3 is 0 Å². The number of carbonyl (C=O) groups excluding carboxylic acids is 1. The number of methoxy groups -OCH3 is 1. The molecule has 1 aliphatic rings. The number of rotatable bonds is 4. The number of carbonyl (C=O) groups is 1. The molecule has 1 aromatic heterocycles. The van der Waals surface area contributed by atoms with Crippen LogP contribution >= 0.6 is 0 Å². The number of hydrogen-bond acceptors (Lipinski definition) is 4. The Kier molecular flexibility index (Phi) is 4.76. The van der Waals surface area contributed by atoms with Crippen molar-refractivity contribution >= 4 is 11.6 Å². The molecule has 1 aromatic carbocycles. The zero-order valence-corrected chi connectivity index (χ0v) is 13.2. The van der Waals surface area contributed by atoms with Crippen molar-refractivity contribution in [3.05, 3.63) is 54.4 Å². The first-order chi connectivity index (χ1) is 11.3. The average Bonchev–Trinajstić information content (AvgIpc) is 2.63. The molecule has 0 saturated carbocycles. The highest BCUT2D eigenvalue weighted by Crippen LogP contribution is 2.20. The van der Waals surface area contributed by atoms with Gasteiger partial charge in [0.1, 0.15) is 5.75 Å². The van der Waals surface area contributed by atoms with E-state index in [1.54, 1.807) is 25.6 Å². The normalized spacial score (nSPS) is 17.6. The van der Waals surface area contributed by atoms with Crippen LogP contribution in [0.3, 0.4) is 0 Å². The molecule has 5 nitrogen and oxygen atoms in total. The zero-order valence-electron chi connectivity index (χ0n) is 13.2. The summed E-state index contributed by atoms with van der Waals surface area (Å²) in [4.78, 5) is 18.5. The van der Waals surface area contributed by atoms with Crippen LogP contribution in [-0.2, 0) is 0 Å². The van der Waals surface area contributed by atoms with Gasteiger partial charge in [-0.15, -0.1) is 0 Å². The summed E-state index contributed by atoms with van der Waals surface area (Å²) in [5, 5.41) is 3.50. The van der Waals surface area contributed by atoms with Gasteiger partial charge in [-0.3, -0.25) is 9.78 Å². The molecule has 1 fully saturated rings. The minimum atomic E-state index is 0.0549. The largest absolute Gasteiger partial charge is 0.497 e. The van der Waals surface area contributed by atoms with Crippen LogP contribution in [0, 0.1) is 0 Å². The summed E-state index contributed by atoms with van der Waals surface area (Å²) in [6.45, 7) is 1.51. The summed E-state index contributed by atoms with van der Waals surface area (Å²) in [5.41, 5.74) is 1.70. The number of aromatic nitrogens is 1. The van der Waals surface area contributed by atoms with Crippen LogP contribution in [0.4, 0.5) is 5.69 Å². The van der Waals surface area contributed by atoms with Gasteiger partial charge in [-0.2, -0.15) is 0 Å². The Morgan fingerprint density at radius 1 is 1.30 bits per heavy atom. The lowest BCUT2D eigenvalue weighted by atomic mass is 10.0. The summed E-state index contributed by atoms with van der Waals surface area (Å²) in [7, 11) is 1.66. The van der Waals surface area contributed by atoms with Gasteiger partial charge in [0.25, 0.3) is 5.91 Å². The fourth-order valence-corrected chi connectivity index (χ4v) is 2.87. The predicted octanol–water partition coefficient (Wildman–Crippen LogP) is 2.81. The van der Waals surface area contributed by atoms with Gasteiger partial charge in [0.2, 0.25) is 0 Å². The number of hydrogen-bond donors (Lipinski definition) is 1.